The molecular formula is C13H21BrN4O. The normalized spacial score (nSPS) is 14.7. The van der Waals surface area contributed by atoms with Crippen LogP contribution in [0.5, 0.6) is 5.88 Å². The van der Waals surface area contributed by atoms with Crippen molar-refractivity contribution in [3.8, 4) is 5.88 Å². The van der Waals surface area contributed by atoms with Crippen molar-refractivity contribution in [1.82, 2.24) is 14.9 Å². The molecule has 0 bridgehead atoms. The van der Waals surface area contributed by atoms with Crippen LogP contribution in [0.2, 0.25) is 0 Å². The van der Waals surface area contributed by atoms with E-state index in [9.17, 15) is 0 Å². The van der Waals surface area contributed by atoms with Crippen LogP contribution in [-0.2, 0) is 0 Å². The molecule has 0 amide bonds. The summed E-state index contributed by atoms with van der Waals surface area (Å²) >= 11 is 3.42. The first-order valence-corrected chi connectivity index (χ1v) is 7.59. The van der Waals surface area contributed by atoms with E-state index < -0.39 is 0 Å². The first kappa shape index (κ1) is 14.5. The first-order valence-electron chi connectivity index (χ1n) is 6.80. The van der Waals surface area contributed by atoms with E-state index in [1.807, 2.05) is 0 Å². The Hall–Kier alpha value is -0.880. The average molecular weight is 329 g/mol. The third-order valence-corrected chi connectivity index (χ3v) is 3.64. The third-order valence-electron chi connectivity index (χ3n) is 3.10. The maximum atomic E-state index is 5.73. The van der Waals surface area contributed by atoms with Crippen molar-refractivity contribution in [2.75, 3.05) is 32.1 Å². The van der Waals surface area contributed by atoms with Crippen LogP contribution in [0.4, 0.5) is 5.95 Å². The van der Waals surface area contributed by atoms with Crippen LogP contribution < -0.4 is 10.1 Å². The Morgan fingerprint density at radius 2 is 2.32 bits per heavy atom. The molecule has 1 aliphatic rings. The molecule has 19 heavy (non-hydrogen) atoms. The van der Waals surface area contributed by atoms with Gasteiger partial charge in [0.1, 0.15) is 6.61 Å². The number of ether oxygens (including phenoxy) is 1. The van der Waals surface area contributed by atoms with E-state index in [-0.39, 0.29) is 0 Å². The van der Waals surface area contributed by atoms with Crippen molar-refractivity contribution in [3.63, 3.8) is 0 Å². The topological polar surface area (TPSA) is 50.3 Å². The van der Waals surface area contributed by atoms with Gasteiger partial charge in [0.15, 0.2) is 0 Å². The van der Waals surface area contributed by atoms with E-state index in [2.05, 4.69) is 50.1 Å². The number of anilines is 1. The van der Waals surface area contributed by atoms with Gasteiger partial charge in [0.2, 0.25) is 11.8 Å². The monoisotopic (exact) mass is 328 g/mol. The zero-order valence-electron chi connectivity index (χ0n) is 11.5. The van der Waals surface area contributed by atoms with Gasteiger partial charge in [-0.05, 0) is 42.2 Å². The SMILES string of the molecule is CCCNc1ncc(Br)c(OCCN(C)C2CC2)n1. The van der Waals surface area contributed by atoms with Gasteiger partial charge in [0.05, 0.1) is 10.7 Å². The maximum Gasteiger partial charge on any atom is 0.232 e. The van der Waals surface area contributed by atoms with Gasteiger partial charge >= 0.3 is 0 Å². The lowest BCUT2D eigenvalue weighted by Gasteiger charge is -2.16. The molecule has 0 aromatic carbocycles. The molecule has 106 valence electrons. The van der Waals surface area contributed by atoms with Gasteiger partial charge in [-0.15, -0.1) is 0 Å². The largest absolute Gasteiger partial charge is 0.475 e. The fourth-order valence-corrected chi connectivity index (χ4v) is 2.06. The summed E-state index contributed by atoms with van der Waals surface area (Å²) in [4.78, 5) is 10.9. The van der Waals surface area contributed by atoms with Crippen molar-refractivity contribution in [3.05, 3.63) is 10.7 Å². The van der Waals surface area contributed by atoms with Crippen LogP contribution in [0.1, 0.15) is 26.2 Å². The van der Waals surface area contributed by atoms with Gasteiger partial charge < -0.3 is 15.0 Å². The van der Waals surface area contributed by atoms with Gasteiger partial charge in [-0.1, -0.05) is 6.92 Å². The molecule has 1 fully saturated rings. The molecule has 1 heterocycles. The summed E-state index contributed by atoms with van der Waals surface area (Å²) in [7, 11) is 2.14. The smallest absolute Gasteiger partial charge is 0.232 e. The van der Waals surface area contributed by atoms with Gasteiger partial charge in [0.25, 0.3) is 0 Å². The zero-order valence-corrected chi connectivity index (χ0v) is 13.1. The highest BCUT2D eigenvalue weighted by molar-refractivity contribution is 9.10. The number of halogens is 1. The highest BCUT2D eigenvalue weighted by atomic mass is 79.9. The Kier molecular flexibility index (Phi) is 5.39. The molecule has 0 spiro atoms. The maximum absolute atomic E-state index is 5.73. The van der Waals surface area contributed by atoms with Gasteiger partial charge in [-0.3, -0.25) is 0 Å². The standard InChI is InChI=1S/C13H21BrN4O/c1-3-6-15-13-16-9-11(14)12(17-13)19-8-7-18(2)10-4-5-10/h9-10H,3-8H2,1-2H3,(H,15,16,17). The summed E-state index contributed by atoms with van der Waals surface area (Å²) in [5, 5.41) is 3.16. The fourth-order valence-electron chi connectivity index (χ4n) is 1.76. The number of nitrogens with zero attached hydrogens (tertiary/aromatic N) is 3. The van der Waals surface area contributed by atoms with Crippen molar-refractivity contribution in [2.45, 2.75) is 32.2 Å². The molecule has 6 heteroatoms. The predicted molar refractivity (Wildman–Crippen MR) is 79.7 cm³/mol. The molecule has 1 aromatic heterocycles. The zero-order chi connectivity index (χ0) is 13.7. The first-order chi connectivity index (χ1) is 9.20. The predicted octanol–water partition coefficient (Wildman–Crippen LogP) is 2.53. The highest BCUT2D eigenvalue weighted by Crippen LogP contribution is 2.25. The van der Waals surface area contributed by atoms with Crippen molar-refractivity contribution in [1.29, 1.82) is 0 Å². The minimum atomic E-state index is 0.609. The van der Waals surface area contributed by atoms with Gasteiger partial charge in [-0.2, -0.15) is 4.98 Å². The summed E-state index contributed by atoms with van der Waals surface area (Å²) in [5.74, 6) is 1.23. The number of nitrogens with one attached hydrogen (secondary N) is 1. The summed E-state index contributed by atoms with van der Waals surface area (Å²) in [6.45, 7) is 4.55. The molecule has 2 rings (SSSR count). The molecule has 0 unspecified atom stereocenters. The van der Waals surface area contributed by atoms with E-state index in [1.54, 1.807) is 6.20 Å². The second-order valence-electron chi connectivity index (χ2n) is 4.83. The second-order valence-corrected chi connectivity index (χ2v) is 5.69. The minimum absolute atomic E-state index is 0.609. The number of hydrogen-bond acceptors (Lipinski definition) is 5. The summed E-state index contributed by atoms with van der Waals surface area (Å²) < 4.78 is 6.52. The van der Waals surface area contributed by atoms with Crippen molar-refractivity contribution in [2.24, 2.45) is 0 Å². The van der Waals surface area contributed by atoms with Crippen LogP contribution in [0.15, 0.2) is 10.7 Å². The number of aromatic nitrogens is 2. The molecule has 1 saturated carbocycles. The minimum Gasteiger partial charge on any atom is -0.475 e. The number of rotatable bonds is 8. The van der Waals surface area contributed by atoms with Crippen LogP contribution >= 0.6 is 15.9 Å². The van der Waals surface area contributed by atoms with Gasteiger partial charge in [-0.25, -0.2) is 4.98 Å². The molecule has 1 N–H and O–H groups in total. The highest BCUT2D eigenvalue weighted by Gasteiger charge is 2.25. The molecule has 0 atom stereocenters. The van der Waals surface area contributed by atoms with Crippen molar-refractivity contribution >= 4 is 21.9 Å². The lowest BCUT2D eigenvalue weighted by Crippen LogP contribution is -2.26. The molecule has 1 aliphatic carbocycles. The van der Waals surface area contributed by atoms with Gasteiger partial charge in [0, 0.05) is 19.1 Å². The summed E-state index contributed by atoms with van der Waals surface area (Å²) in [6.07, 6.45) is 5.41. The molecule has 0 aliphatic heterocycles. The Labute approximate surface area is 122 Å². The average Bonchev–Trinajstić information content (AvgIpc) is 3.23. The lowest BCUT2D eigenvalue weighted by molar-refractivity contribution is 0.225. The molecular weight excluding hydrogens is 308 g/mol. The summed E-state index contributed by atoms with van der Waals surface area (Å²) in [6, 6.07) is 0.763. The van der Waals surface area contributed by atoms with E-state index in [4.69, 9.17) is 4.74 Å². The van der Waals surface area contributed by atoms with Crippen molar-refractivity contribution < 1.29 is 4.74 Å². The molecule has 5 nitrogen and oxygen atoms in total. The number of likely N-dealkylation sites (N-methyl/N-ethyl adjacent to an activating group) is 1. The van der Waals surface area contributed by atoms with Crippen LogP contribution in [0, 0.1) is 0 Å². The Balaban J connectivity index is 1.83. The van der Waals surface area contributed by atoms with E-state index >= 15 is 0 Å². The van der Waals surface area contributed by atoms with Crippen LogP contribution in [-0.4, -0.2) is 47.7 Å². The molecule has 0 radical (unpaired) electrons. The third kappa shape index (κ3) is 4.62. The quantitative estimate of drug-likeness (QED) is 0.794. The van der Waals surface area contributed by atoms with E-state index in [0.717, 1.165) is 30.0 Å². The fraction of sp³-hybridized carbons (Fsp3) is 0.692. The Bertz CT molecular complexity index is 412. The Morgan fingerprint density at radius 1 is 1.53 bits per heavy atom. The van der Waals surface area contributed by atoms with E-state index in [0.29, 0.717) is 18.4 Å². The van der Waals surface area contributed by atoms with E-state index in [1.165, 1.54) is 12.8 Å². The Morgan fingerprint density at radius 3 is 3.00 bits per heavy atom. The number of hydrogen-bond donors (Lipinski definition) is 1. The molecule has 0 saturated heterocycles. The molecule has 1 aromatic rings. The van der Waals surface area contributed by atoms with Crippen LogP contribution in [0.3, 0.4) is 0 Å². The lowest BCUT2D eigenvalue weighted by atomic mass is 10.5. The van der Waals surface area contributed by atoms with Crippen LogP contribution in [0.25, 0.3) is 0 Å². The second kappa shape index (κ2) is 7.05. The summed E-state index contributed by atoms with van der Waals surface area (Å²) in [5.41, 5.74) is 0.